The number of likely N-dealkylation sites (tertiary alicyclic amines) is 1. The molecule has 1 fully saturated rings. The zero-order valence-electron chi connectivity index (χ0n) is 9.63. The Morgan fingerprint density at radius 3 is 2.88 bits per heavy atom. The number of carbonyl (C=O) groups is 1. The van der Waals surface area contributed by atoms with Crippen LogP contribution in [-0.4, -0.2) is 44.6 Å². The molecule has 1 N–H and O–H groups in total. The molecule has 94 valence electrons. The second kappa shape index (κ2) is 4.56. The maximum atomic E-state index is 10.9. The molecule has 2 heterocycles. The molecule has 0 aliphatic carbocycles. The van der Waals surface area contributed by atoms with Gasteiger partial charge in [0.25, 0.3) is 0 Å². The van der Waals surface area contributed by atoms with E-state index in [-0.39, 0.29) is 12.1 Å². The SMILES string of the molecule is CC1CC(Oc2cnn(C)c2Br)CN1C(=O)O. The first-order valence-electron chi connectivity index (χ1n) is 5.32. The second-order valence-electron chi connectivity index (χ2n) is 4.18. The van der Waals surface area contributed by atoms with Crippen molar-refractivity contribution in [3.05, 3.63) is 10.8 Å². The summed E-state index contributed by atoms with van der Waals surface area (Å²) in [5, 5.41) is 13.0. The average Bonchev–Trinajstić information content (AvgIpc) is 2.76. The van der Waals surface area contributed by atoms with Crippen molar-refractivity contribution >= 4 is 22.0 Å². The van der Waals surface area contributed by atoms with Crippen molar-refractivity contribution in [1.29, 1.82) is 0 Å². The van der Waals surface area contributed by atoms with E-state index in [2.05, 4.69) is 21.0 Å². The Hall–Kier alpha value is -1.24. The van der Waals surface area contributed by atoms with Gasteiger partial charge < -0.3 is 14.7 Å². The Labute approximate surface area is 107 Å². The summed E-state index contributed by atoms with van der Waals surface area (Å²) in [4.78, 5) is 12.3. The summed E-state index contributed by atoms with van der Waals surface area (Å²) in [7, 11) is 1.80. The molecular formula is C10H14BrN3O3. The fourth-order valence-electron chi connectivity index (χ4n) is 1.99. The molecule has 2 atom stereocenters. The van der Waals surface area contributed by atoms with Gasteiger partial charge in [-0.05, 0) is 22.9 Å². The topological polar surface area (TPSA) is 67.6 Å². The molecule has 1 aliphatic heterocycles. The minimum Gasteiger partial charge on any atom is -0.484 e. The highest BCUT2D eigenvalue weighted by molar-refractivity contribution is 9.10. The largest absolute Gasteiger partial charge is 0.484 e. The van der Waals surface area contributed by atoms with Gasteiger partial charge in [-0.15, -0.1) is 0 Å². The second-order valence-corrected chi connectivity index (χ2v) is 4.93. The lowest BCUT2D eigenvalue weighted by Crippen LogP contribution is -2.33. The van der Waals surface area contributed by atoms with Crippen LogP contribution in [0.1, 0.15) is 13.3 Å². The van der Waals surface area contributed by atoms with Gasteiger partial charge >= 0.3 is 6.09 Å². The number of hydrogen-bond donors (Lipinski definition) is 1. The van der Waals surface area contributed by atoms with E-state index in [1.165, 1.54) is 4.90 Å². The molecule has 2 unspecified atom stereocenters. The molecule has 7 heteroatoms. The number of amides is 1. The van der Waals surface area contributed by atoms with Gasteiger partial charge in [0.15, 0.2) is 5.75 Å². The molecule has 1 saturated heterocycles. The van der Waals surface area contributed by atoms with Gasteiger partial charge in [-0.1, -0.05) is 0 Å². The lowest BCUT2D eigenvalue weighted by atomic mass is 10.2. The van der Waals surface area contributed by atoms with Gasteiger partial charge in [0.05, 0.1) is 12.7 Å². The van der Waals surface area contributed by atoms with Crippen LogP contribution in [0.15, 0.2) is 10.8 Å². The van der Waals surface area contributed by atoms with Crippen molar-refractivity contribution in [3.63, 3.8) is 0 Å². The first-order valence-corrected chi connectivity index (χ1v) is 6.12. The summed E-state index contributed by atoms with van der Waals surface area (Å²) in [6.45, 7) is 2.29. The highest BCUT2D eigenvalue weighted by Gasteiger charge is 2.34. The van der Waals surface area contributed by atoms with Crippen molar-refractivity contribution in [2.24, 2.45) is 7.05 Å². The van der Waals surface area contributed by atoms with Gasteiger partial charge in [0, 0.05) is 19.5 Å². The molecule has 1 aliphatic rings. The highest BCUT2D eigenvalue weighted by Crippen LogP contribution is 2.28. The molecule has 0 aromatic carbocycles. The molecule has 1 aromatic rings. The van der Waals surface area contributed by atoms with Crippen molar-refractivity contribution in [1.82, 2.24) is 14.7 Å². The first kappa shape index (κ1) is 12.2. The third kappa shape index (κ3) is 2.38. The highest BCUT2D eigenvalue weighted by atomic mass is 79.9. The van der Waals surface area contributed by atoms with Crippen LogP contribution in [-0.2, 0) is 7.05 Å². The van der Waals surface area contributed by atoms with E-state index in [0.29, 0.717) is 18.7 Å². The number of aryl methyl sites for hydroxylation is 1. The summed E-state index contributed by atoms with van der Waals surface area (Å²) >= 11 is 3.36. The van der Waals surface area contributed by atoms with Crippen LogP contribution in [0.2, 0.25) is 0 Å². The van der Waals surface area contributed by atoms with Crippen LogP contribution in [0.25, 0.3) is 0 Å². The molecule has 0 saturated carbocycles. The van der Waals surface area contributed by atoms with Gasteiger partial charge in [-0.2, -0.15) is 5.10 Å². The van der Waals surface area contributed by atoms with Gasteiger partial charge in [0.1, 0.15) is 10.7 Å². The van der Waals surface area contributed by atoms with E-state index in [9.17, 15) is 4.79 Å². The van der Waals surface area contributed by atoms with E-state index >= 15 is 0 Å². The third-order valence-electron chi connectivity index (χ3n) is 2.91. The minimum absolute atomic E-state index is 0.00653. The Kier molecular flexibility index (Phi) is 3.28. The Bertz CT molecular complexity index is 434. The smallest absolute Gasteiger partial charge is 0.407 e. The molecule has 6 nitrogen and oxygen atoms in total. The predicted molar refractivity (Wildman–Crippen MR) is 64.1 cm³/mol. The van der Waals surface area contributed by atoms with Crippen LogP contribution in [0.5, 0.6) is 5.75 Å². The van der Waals surface area contributed by atoms with E-state index in [1.54, 1.807) is 17.9 Å². The molecule has 0 bridgehead atoms. The average molecular weight is 304 g/mol. The maximum Gasteiger partial charge on any atom is 0.407 e. The summed E-state index contributed by atoms with van der Waals surface area (Å²) in [5.41, 5.74) is 0. The Morgan fingerprint density at radius 2 is 2.41 bits per heavy atom. The van der Waals surface area contributed by atoms with Crippen LogP contribution in [0.4, 0.5) is 4.79 Å². The van der Waals surface area contributed by atoms with Gasteiger partial charge in [-0.25, -0.2) is 4.79 Å². The van der Waals surface area contributed by atoms with Gasteiger partial charge in [0.2, 0.25) is 0 Å². The van der Waals surface area contributed by atoms with Crippen molar-refractivity contribution in [3.8, 4) is 5.75 Å². The predicted octanol–water partition coefficient (Wildman–Crippen LogP) is 1.70. The molecule has 1 amide bonds. The zero-order chi connectivity index (χ0) is 12.6. The van der Waals surface area contributed by atoms with E-state index < -0.39 is 6.09 Å². The number of ether oxygens (including phenoxy) is 1. The number of hydrogen-bond acceptors (Lipinski definition) is 3. The lowest BCUT2D eigenvalue weighted by Gasteiger charge is -2.16. The maximum absolute atomic E-state index is 10.9. The monoisotopic (exact) mass is 303 g/mol. The van der Waals surface area contributed by atoms with Crippen LogP contribution in [0.3, 0.4) is 0 Å². The standard InChI is InChI=1S/C10H14BrN3O3/c1-6-3-7(5-14(6)10(15)16)17-8-4-12-13(2)9(8)11/h4,6-7H,3,5H2,1-2H3,(H,15,16). The van der Waals surface area contributed by atoms with E-state index in [1.807, 2.05) is 6.92 Å². The van der Waals surface area contributed by atoms with Crippen LogP contribution >= 0.6 is 15.9 Å². The van der Waals surface area contributed by atoms with Crippen molar-refractivity contribution in [2.75, 3.05) is 6.54 Å². The summed E-state index contributed by atoms with van der Waals surface area (Å²) in [6.07, 6.45) is 1.32. The Morgan fingerprint density at radius 1 is 1.71 bits per heavy atom. The van der Waals surface area contributed by atoms with E-state index in [0.717, 1.165) is 4.60 Å². The molecule has 17 heavy (non-hydrogen) atoms. The lowest BCUT2D eigenvalue weighted by molar-refractivity contribution is 0.136. The fourth-order valence-corrected chi connectivity index (χ4v) is 2.28. The normalized spacial score (nSPS) is 24.1. The summed E-state index contributed by atoms with van der Waals surface area (Å²) in [6, 6.07) is -0.00653. The van der Waals surface area contributed by atoms with Gasteiger partial charge in [-0.3, -0.25) is 4.68 Å². The number of rotatable bonds is 2. The summed E-state index contributed by atoms with van der Waals surface area (Å²) in [5.74, 6) is 0.650. The Balaban J connectivity index is 2.02. The first-order chi connectivity index (χ1) is 7.99. The van der Waals surface area contributed by atoms with Crippen molar-refractivity contribution < 1.29 is 14.6 Å². The zero-order valence-corrected chi connectivity index (χ0v) is 11.2. The van der Waals surface area contributed by atoms with Crippen molar-refractivity contribution in [2.45, 2.75) is 25.5 Å². The number of aromatic nitrogens is 2. The quantitative estimate of drug-likeness (QED) is 0.903. The third-order valence-corrected chi connectivity index (χ3v) is 3.82. The number of halogens is 1. The minimum atomic E-state index is -0.895. The van der Waals surface area contributed by atoms with E-state index in [4.69, 9.17) is 9.84 Å². The molecule has 1 aromatic heterocycles. The molecule has 0 spiro atoms. The van der Waals surface area contributed by atoms with Crippen LogP contribution < -0.4 is 4.74 Å². The number of nitrogens with zero attached hydrogens (tertiary/aromatic N) is 3. The summed E-state index contributed by atoms with van der Waals surface area (Å²) < 4.78 is 8.16. The fraction of sp³-hybridized carbons (Fsp3) is 0.600. The molecule has 2 rings (SSSR count). The van der Waals surface area contributed by atoms with Crippen LogP contribution in [0, 0.1) is 0 Å². The number of carboxylic acid groups (broad SMARTS) is 1. The molecule has 0 radical (unpaired) electrons. The molecular weight excluding hydrogens is 290 g/mol.